The highest BCUT2D eigenvalue weighted by Crippen LogP contribution is 2.55. The molecule has 4 aliphatic rings. The Balaban J connectivity index is 1.58. The molecule has 26 heavy (non-hydrogen) atoms. The van der Waals surface area contributed by atoms with E-state index in [1.807, 2.05) is 24.3 Å². The van der Waals surface area contributed by atoms with Crippen LogP contribution in [0, 0.1) is 5.41 Å². The number of phenols is 2. The van der Waals surface area contributed by atoms with E-state index in [-0.39, 0.29) is 34.6 Å². The van der Waals surface area contributed by atoms with Crippen molar-refractivity contribution in [2.75, 3.05) is 26.2 Å². The number of aromatic hydroxyl groups is 2. The van der Waals surface area contributed by atoms with Crippen molar-refractivity contribution in [3.05, 3.63) is 59.7 Å². The Kier molecular flexibility index (Phi) is 3.24. The molecule has 5 heteroatoms. The summed E-state index contributed by atoms with van der Waals surface area (Å²) in [6.07, 6.45) is -0.307. The summed E-state index contributed by atoms with van der Waals surface area (Å²) in [7, 11) is 0. The quantitative estimate of drug-likeness (QED) is 0.722. The molecule has 4 fully saturated rings. The zero-order valence-corrected chi connectivity index (χ0v) is 14.8. The molecule has 0 amide bonds. The van der Waals surface area contributed by atoms with Crippen molar-refractivity contribution in [1.82, 2.24) is 9.80 Å². The van der Waals surface area contributed by atoms with Gasteiger partial charge in [0.2, 0.25) is 0 Å². The van der Waals surface area contributed by atoms with Gasteiger partial charge in [-0.25, -0.2) is 0 Å². The summed E-state index contributed by atoms with van der Waals surface area (Å²) < 4.78 is 0. The minimum Gasteiger partial charge on any atom is -0.504 e. The van der Waals surface area contributed by atoms with Crippen molar-refractivity contribution in [2.24, 2.45) is 5.41 Å². The lowest BCUT2D eigenvalue weighted by molar-refractivity contribution is -0.232. The third-order valence-corrected chi connectivity index (χ3v) is 6.62. The number of hydrogen-bond acceptors (Lipinski definition) is 5. The van der Waals surface area contributed by atoms with Gasteiger partial charge in [-0.3, -0.25) is 9.80 Å². The van der Waals surface area contributed by atoms with Gasteiger partial charge in [0.15, 0.2) is 11.5 Å². The summed E-state index contributed by atoms with van der Waals surface area (Å²) in [5, 5.41) is 30.9. The van der Waals surface area contributed by atoms with E-state index in [9.17, 15) is 15.3 Å². The molecule has 3 N–H and O–H groups in total. The molecular weight excluding hydrogens is 328 g/mol. The number of aliphatic hydroxyl groups excluding tert-OH is 1. The van der Waals surface area contributed by atoms with Crippen LogP contribution < -0.4 is 0 Å². The Morgan fingerprint density at radius 2 is 1.54 bits per heavy atom. The zero-order valence-electron chi connectivity index (χ0n) is 14.8. The molecule has 0 aliphatic carbocycles. The van der Waals surface area contributed by atoms with E-state index in [0.717, 1.165) is 31.7 Å². The highest BCUT2D eigenvalue weighted by Gasteiger charge is 2.64. The Bertz CT molecular complexity index is 838. The second-order valence-electron chi connectivity index (χ2n) is 8.51. The first-order valence-corrected chi connectivity index (χ1v) is 9.17. The van der Waals surface area contributed by atoms with Gasteiger partial charge in [-0.05, 0) is 23.3 Å². The Morgan fingerprint density at radius 3 is 2.15 bits per heavy atom. The van der Waals surface area contributed by atoms with E-state index in [1.54, 1.807) is 12.1 Å². The van der Waals surface area contributed by atoms with Crippen LogP contribution in [0.4, 0.5) is 0 Å². The van der Waals surface area contributed by atoms with Crippen LogP contribution in [-0.4, -0.2) is 57.4 Å². The normalized spacial score (nSPS) is 40.7. The molecule has 2 unspecified atom stereocenters. The van der Waals surface area contributed by atoms with Crippen molar-refractivity contribution in [3.63, 3.8) is 0 Å². The van der Waals surface area contributed by atoms with E-state index in [2.05, 4.69) is 28.9 Å². The number of phenolic OH excluding ortho intramolecular Hbond substituents is 2. The lowest BCUT2D eigenvalue weighted by Crippen LogP contribution is -2.79. The fourth-order valence-electron chi connectivity index (χ4n) is 5.69. The van der Waals surface area contributed by atoms with E-state index in [0.29, 0.717) is 0 Å². The van der Waals surface area contributed by atoms with Gasteiger partial charge in [0.1, 0.15) is 0 Å². The molecule has 4 bridgehead atoms. The van der Waals surface area contributed by atoms with E-state index < -0.39 is 0 Å². The minimum atomic E-state index is -0.376. The van der Waals surface area contributed by atoms with Gasteiger partial charge in [-0.15, -0.1) is 0 Å². The predicted octanol–water partition coefficient (Wildman–Crippen LogP) is 2.05. The van der Waals surface area contributed by atoms with Gasteiger partial charge in [0, 0.05) is 37.0 Å². The maximum atomic E-state index is 11.3. The molecular formula is C21H24N2O3. The molecule has 4 heterocycles. The maximum Gasteiger partial charge on any atom is 0.157 e. The number of benzene rings is 2. The second-order valence-corrected chi connectivity index (χ2v) is 8.51. The summed E-state index contributed by atoms with van der Waals surface area (Å²) >= 11 is 0. The van der Waals surface area contributed by atoms with Crippen molar-refractivity contribution >= 4 is 0 Å². The Morgan fingerprint density at radius 1 is 0.885 bits per heavy atom. The molecule has 0 saturated carbocycles. The van der Waals surface area contributed by atoms with Gasteiger partial charge >= 0.3 is 0 Å². The van der Waals surface area contributed by atoms with E-state index in [4.69, 9.17) is 0 Å². The molecule has 2 aromatic carbocycles. The molecule has 2 aromatic rings. The SMILES string of the molecule is CC12CN3CC(c4ccccc4)(CN(C1)C3c1ccc(O)c(O)c1)[C@H]2O. The van der Waals surface area contributed by atoms with Crippen LogP contribution in [0.3, 0.4) is 0 Å². The summed E-state index contributed by atoms with van der Waals surface area (Å²) in [6, 6.07) is 15.5. The topological polar surface area (TPSA) is 67.2 Å². The molecule has 0 aromatic heterocycles. The Labute approximate surface area is 153 Å². The third-order valence-electron chi connectivity index (χ3n) is 6.62. The molecule has 136 valence electrons. The molecule has 6 rings (SSSR count). The molecule has 3 atom stereocenters. The van der Waals surface area contributed by atoms with Gasteiger partial charge in [-0.2, -0.15) is 0 Å². The first-order valence-electron chi connectivity index (χ1n) is 9.17. The molecule has 0 spiro atoms. The lowest BCUT2D eigenvalue weighted by Gasteiger charge is -2.69. The van der Waals surface area contributed by atoms with E-state index >= 15 is 0 Å². The highest BCUT2D eigenvalue weighted by molar-refractivity contribution is 5.43. The average molecular weight is 352 g/mol. The molecule has 4 saturated heterocycles. The van der Waals surface area contributed by atoms with Crippen molar-refractivity contribution in [3.8, 4) is 11.5 Å². The highest BCUT2D eigenvalue weighted by atomic mass is 16.3. The molecule has 4 aliphatic heterocycles. The Hall–Kier alpha value is -2.08. The zero-order chi connectivity index (χ0) is 18.1. The van der Waals surface area contributed by atoms with Crippen LogP contribution in [0.15, 0.2) is 48.5 Å². The van der Waals surface area contributed by atoms with Gasteiger partial charge < -0.3 is 15.3 Å². The number of hydrogen-bond donors (Lipinski definition) is 3. The molecule has 5 nitrogen and oxygen atoms in total. The fraction of sp³-hybridized carbons (Fsp3) is 0.429. The van der Waals surface area contributed by atoms with Crippen LogP contribution in [0.5, 0.6) is 11.5 Å². The fourth-order valence-corrected chi connectivity index (χ4v) is 5.69. The standard InChI is InChI=1S/C21H24N2O3/c1-20-10-22-12-21(19(20)26,15-5-3-2-4-6-15)13-23(11-20)18(22)14-7-8-16(24)17(25)9-14/h2-9,18-19,24-26H,10-13H2,1H3/t18?,19-,20?,21?/m0/s1. The van der Waals surface area contributed by atoms with Crippen LogP contribution in [0.1, 0.15) is 24.2 Å². The second kappa shape index (κ2) is 5.22. The summed E-state index contributed by atoms with van der Waals surface area (Å²) in [5.74, 6) is -0.173. The maximum absolute atomic E-state index is 11.3. The minimum absolute atomic E-state index is 0.0684. The van der Waals surface area contributed by atoms with Crippen molar-refractivity contribution < 1.29 is 15.3 Å². The van der Waals surface area contributed by atoms with Crippen LogP contribution in [-0.2, 0) is 5.41 Å². The third kappa shape index (κ3) is 2.02. The monoisotopic (exact) mass is 352 g/mol. The average Bonchev–Trinajstić information content (AvgIpc) is 2.62. The van der Waals surface area contributed by atoms with E-state index in [1.165, 1.54) is 5.56 Å². The van der Waals surface area contributed by atoms with Crippen molar-refractivity contribution in [1.29, 1.82) is 0 Å². The first kappa shape index (κ1) is 16.1. The largest absolute Gasteiger partial charge is 0.504 e. The number of rotatable bonds is 2. The molecule has 0 radical (unpaired) electrons. The van der Waals surface area contributed by atoms with Crippen LogP contribution in [0.25, 0.3) is 0 Å². The number of nitrogens with zero attached hydrogens (tertiary/aromatic N) is 2. The first-order chi connectivity index (χ1) is 12.4. The van der Waals surface area contributed by atoms with Crippen molar-refractivity contribution in [2.45, 2.75) is 24.6 Å². The van der Waals surface area contributed by atoms with Crippen LogP contribution in [0.2, 0.25) is 0 Å². The van der Waals surface area contributed by atoms with Crippen LogP contribution >= 0.6 is 0 Å². The smallest absolute Gasteiger partial charge is 0.157 e. The number of aliphatic hydroxyl groups is 1. The lowest BCUT2D eigenvalue weighted by atomic mass is 9.57. The van der Waals surface area contributed by atoms with Gasteiger partial charge in [-0.1, -0.05) is 43.3 Å². The van der Waals surface area contributed by atoms with Gasteiger partial charge in [0.25, 0.3) is 0 Å². The van der Waals surface area contributed by atoms with Gasteiger partial charge in [0.05, 0.1) is 12.3 Å². The predicted molar refractivity (Wildman–Crippen MR) is 97.9 cm³/mol. The number of piperidine rings is 2. The summed E-state index contributed by atoms with van der Waals surface area (Å²) in [4.78, 5) is 4.83. The summed E-state index contributed by atoms with van der Waals surface area (Å²) in [6.45, 7) is 5.41. The summed E-state index contributed by atoms with van der Waals surface area (Å²) in [5.41, 5.74) is 1.71.